The van der Waals surface area contributed by atoms with Gasteiger partial charge in [-0.2, -0.15) is 0 Å². The standard InChI is InChI=1S/C11H25NO2/c1-9(12)8-10(2)13-6-7-14-11(3,4)5/h9-10H,6-8,12H2,1-5H3. The monoisotopic (exact) mass is 203 g/mol. The Hall–Kier alpha value is -0.120. The summed E-state index contributed by atoms with van der Waals surface area (Å²) in [6.07, 6.45) is 1.12. The van der Waals surface area contributed by atoms with Crippen molar-refractivity contribution in [3.8, 4) is 0 Å². The summed E-state index contributed by atoms with van der Waals surface area (Å²) in [6, 6.07) is 0.202. The summed E-state index contributed by atoms with van der Waals surface area (Å²) in [6.45, 7) is 11.4. The maximum Gasteiger partial charge on any atom is 0.0707 e. The fraction of sp³-hybridized carbons (Fsp3) is 1.00. The molecule has 0 aromatic heterocycles. The normalized spacial score (nSPS) is 16.7. The molecule has 0 radical (unpaired) electrons. The molecule has 0 aliphatic rings. The summed E-state index contributed by atoms with van der Waals surface area (Å²) >= 11 is 0. The Balaban J connectivity index is 3.36. The van der Waals surface area contributed by atoms with E-state index in [1.165, 1.54) is 0 Å². The van der Waals surface area contributed by atoms with Crippen LogP contribution in [0.15, 0.2) is 0 Å². The first-order valence-electron chi connectivity index (χ1n) is 5.32. The minimum absolute atomic E-state index is 0.0756. The molecule has 86 valence electrons. The van der Waals surface area contributed by atoms with Crippen LogP contribution in [-0.2, 0) is 9.47 Å². The Labute approximate surface area is 88.0 Å². The molecule has 0 heterocycles. The number of rotatable bonds is 6. The van der Waals surface area contributed by atoms with E-state index >= 15 is 0 Å². The highest BCUT2D eigenvalue weighted by Crippen LogP contribution is 2.06. The topological polar surface area (TPSA) is 44.5 Å². The zero-order chi connectivity index (χ0) is 11.2. The highest BCUT2D eigenvalue weighted by Gasteiger charge is 2.10. The highest BCUT2D eigenvalue weighted by atomic mass is 16.5. The van der Waals surface area contributed by atoms with Crippen molar-refractivity contribution in [1.82, 2.24) is 0 Å². The van der Waals surface area contributed by atoms with Gasteiger partial charge >= 0.3 is 0 Å². The second-order valence-corrected chi connectivity index (χ2v) is 4.86. The summed E-state index contributed by atoms with van der Waals surface area (Å²) in [4.78, 5) is 0. The van der Waals surface area contributed by atoms with Gasteiger partial charge in [0.2, 0.25) is 0 Å². The molecule has 0 amide bonds. The van der Waals surface area contributed by atoms with E-state index in [1.807, 2.05) is 34.6 Å². The van der Waals surface area contributed by atoms with E-state index in [4.69, 9.17) is 15.2 Å². The number of hydrogen-bond acceptors (Lipinski definition) is 3. The smallest absolute Gasteiger partial charge is 0.0707 e. The maximum atomic E-state index is 5.66. The molecule has 0 aliphatic heterocycles. The van der Waals surface area contributed by atoms with E-state index in [9.17, 15) is 0 Å². The number of hydrogen-bond donors (Lipinski definition) is 1. The Kier molecular flexibility index (Phi) is 6.33. The lowest BCUT2D eigenvalue weighted by Crippen LogP contribution is -2.26. The molecule has 3 heteroatoms. The molecule has 2 N–H and O–H groups in total. The van der Waals surface area contributed by atoms with Gasteiger partial charge in [-0.3, -0.25) is 0 Å². The largest absolute Gasteiger partial charge is 0.376 e. The molecule has 0 bridgehead atoms. The molecule has 0 aliphatic carbocycles. The van der Waals surface area contributed by atoms with Crippen LogP contribution < -0.4 is 5.73 Å². The zero-order valence-electron chi connectivity index (χ0n) is 10.2. The fourth-order valence-corrected chi connectivity index (χ4v) is 1.19. The number of nitrogens with two attached hydrogens (primary N) is 1. The highest BCUT2D eigenvalue weighted by molar-refractivity contribution is 4.60. The predicted molar refractivity (Wildman–Crippen MR) is 59.4 cm³/mol. The number of ether oxygens (including phenoxy) is 2. The molecule has 3 nitrogen and oxygen atoms in total. The molecule has 0 rings (SSSR count). The van der Waals surface area contributed by atoms with E-state index in [1.54, 1.807) is 0 Å². The van der Waals surface area contributed by atoms with Gasteiger partial charge < -0.3 is 15.2 Å². The Morgan fingerprint density at radius 1 is 1.14 bits per heavy atom. The van der Waals surface area contributed by atoms with Crippen molar-refractivity contribution in [3.05, 3.63) is 0 Å². The van der Waals surface area contributed by atoms with Gasteiger partial charge in [0, 0.05) is 6.04 Å². The molecule has 2 unspecified atom stereocenters. The van der Waals surface area contributed by atoms with Gasteiger partial charge in [0.25, 0.3) is 0 Å². The summed E-state index contributed by atoms with van der Waals surface area (Å²) in [5.74, 6) is 0. The van der Waals surface area contributed by atoms with Crippen molar-refractivity contribution in [2.24, 2.45) is 5.73 Å². The van der Waals surface area contributed by atoms with E-state index in [0.29, 0.717) is 13.2 Å². The van der Waals surface area contributed by atoms with Crippen molar-refractivity contribution in [1.29, 1.82) is 0 Å². The molecule has 0 saturated heterocycles. The Morgan fingerprint density at radius 2 is 1.71 bits per heavy atom. The summed E-state index contributed by atoms with van der Waals surface area (Å²) < 4.78 is 11.1. The first kappa shape index (κ1) is 13.9. The van der Waals surface area contributed by atoms with Crippen LogP contribution in [0.2, 0.25) is 0 Å². The SMILES string of the molecule is CC(N)CC(C)OCCOC(C)(C)C. The van der Waals surface area contributed by atoms with Crippen molar-refractivity contribution >= 4 is 0 Å². The van der Waals surface area contributed by atoms with Crippen LogP contribution >= 0.6 is 0 Å². The molecule has 0 aromatic carbocycles. The van der Waals surface area contributed by atoms with Gasteiger partial charge in [-0.1, -0.05) is 0 Å². The quantitative estimate of drug-likeness (QED) is 0.671. The van der Waals surface area contributed by atoms with Crippen LogP contribution in [0.4, 0.5) is 0 Å². The van der Waals surface area contributed by atoms with E-state index in [2.05, 4.69) is 0 Å². The molecule has 0 aromatic rings. The Bertz CT molecular complexity index is 141. The molecule has 0 saturated carbocycles. The van der Waals surface area contributed by atoms with Crippen LogP contribution in [0, 0.1) is 0 Å². The van der Waals surface area contributed by atoms with Crippen molar-refractivity contribution in [2.75, 3.05) is 13.2 Å². The summed E-state index contributed by atoms with van der Waals surface area (Å²) in [5, 5.41) is 0. The third kappa shape index (κ3) is 9.96. The van der Waals surface area contributed by atoms with E-state index in [0.717, 1.165) is 6.42 Å². The van der Waals surface area contributed by atoms with E-state index < -0.39 is 0 Å². The van der Waals surface area contributed by atoms with Gasteiger partial charge in [0.05, 0.1) is 24.9 Å². The average Bonchev–Trinajstić information content (AvgIpc) is 1.95. The summed E-state index contributed by atoms with van der Waals surface area (Å²) in [7, 11) is 0. The average molecular weight is 203 g/mol. The molecule has 2 atom stereocenters. The van der Waals surface area contributed by atoms with Crippen molar-refractivity contribution in [2.45, 2.75) is 58.8 Å². The first-order chi connectivity index (χ1) is 6.31. The maximum absolute atomic E-state index is 5.66. The molecule has 0 fully saturated rings. The van der Waals surface area contributed by atoms with Crippen LogP contribution in [0.25, 0.3) is 0 Å². The second-order valence-electron chi connectivity index (χ2n) is 4.86. The lowest BCUT2D eigenvalue weighted by atomic mass is 10.2. The lowest BCUT2D eigenvalue weighted by Gasteiger charge is -2.21. The Morgan fingerprint density at radius 3 is 2.14 bits per heavy atom. The van der Waals surface area contributed by atoms with Gasteiger partial charge in [0.15, 0.2) is 0 Å². The molecule has 14 heavy (non-hydrogen) atoms. The van der Waals surface area contributed by atoms with Crippen molar-refractivity contribution in [3.63, 3.8) is 0 Å². The van der Waals surface area contributed by atoms with Gasteiger partial charge in [-0.25, -0.2) is 0 Å². The van der Waals surface area contributed by atoms with Gasteiger partial charge in [-0.05, 0) is 41.0 Å². The first-order valence-corrected chi connectivity index (χ1v) is 5.32. The fourth-order valence-electron chi connectivity index (χ4n) is 1.19. The van der Waals surface area contributed by atoms with Crippen molar-refractivity contribution < 1.29 is 9.47 Å². The minimum atomic E-state index is -0.0756. The van der Waals surface area contributed by atoms with Crippen LogP contribution in [-0.4, -0.2) is 31.0 Å². The minimum Gasteiger partial charge on any atom is -0.376 e. The van der Waals surface area contributed by atoms with Gasteiger partial charge in [-0.15, -0.1) is 0 Å². The van der Waals surface area contributed by atoms with Crippen LogP contribution in [0.5, 0.6) is 0 Å². The third-order valence-corrected chi connectivity index (χ3v) is 1.72. The molecular weight excluding hydrogens is 178 g/mol. The van der Waals surface area contributed by atoms with Crippen LogP contribution in [0.3, 0.4) is 0 Å². The lowest BCUT2D eigenvalue weighted by molar-refractivity contribution is -0.0502. The molecular formula is C11H25NO2. The third-order valence-electron chi connectivity index (χ3n) is 1.72. The predicted octanol–water partition coefficient (Wildman–Crippen LogP) is 1.94. The summed E-state index contributed by atoms with van der Waals surface area (Å²) in [5.41, 5.74) is 5.58. The second kappa shape index (κ2) is 6.38. The molecule has 0 spiro atoms. The van der Waals surface area contributed by atoms with Gasteiger partial charge in [0.1, 0.15) is 0 Å². The zero-order valence-corrected chi connectivity index (χ0v) is 10.2. The van der Waals surface area contributed by atoms with E-state index in [-0.39, 0.29) is 17.7 Å². The van der Waals surface area contributed by atoms with Crippen LogP contribution in [0.1, 0.15) is 41.0 Å².